The minimum absolute atomic E-state index is 0.111. The molecule has 4 aromatic rings. The first-order chi connectivity index (χ1) is 12.6. The average Bonchev–Trinajstić information content (AvgIpc) is 3.31. The highest BCUT2D eigenvalue weighted by Crippen LogP contribution is 2.32. The van der Waals surface area contributed by atoms with E-state index in [-0.39, 0.29) is 5.78 Å². The van der Waals surface area contributed by atoms with Crippen LogP contribution in [0.15, 0.2) is 82.0 Å². The van der Waals surface area contributed by atoms with Crippen LogP contribution in [0.3, 0.4) is 0 Å². The molecule has 3 nitrogen and oxygen atoms in total. The molecule has 3 heteroatoms. The molecular weight excluding hydrogens is 324 g/mol. The molecule has 0 saturated carbocycles. The van der Waals surface area contributed by atoms with Crippen LogP contribution in [0.4, 0.5) is 0 Å². The van der Waals surface area contributed by atoms with E-state index >= 15 is 0 Å². The molecule has 0 aliphatic carbocycles. The van der Waals surface area contributed by atoms with Crippen molar-refractivity contribution < 1.29 is 13.6 Å². The lowest BCUT2D eigenvalue weighted by atomic mass is 9.97. The average molecular weight is 342 g/mol. The van der Waals surface area contributed by atoms with Crippen LogP contribution in [0.1, 0.15) is 27.0 Å². The largest absolute Gasteiger partial charge is 0.464 e. The smallest absolute Gasteiger partial charge is 0.200 e. The lowest BCUT2D eigenvalue weighted by molar-refractivity contribution is 0.103. The standard InChI is InChI=1S/C23H18O3/c1-15-5-3-7-17(13-15)22-19(9-11-25-22)21(24)20-10-12-26-23(20)18-8-4-6-16(2)14-18/h3-14H,1-2H3. The van der Waals surface area contributed by atoms with Gasteiger partial charge in [0.15, 0.2) is 0 Å². The van der Waals surface area contributed by atoms with E-state index in [0.29, 0.717) is 22.6 Å². The number of rotatable bonds is 4. The van der Waals surface area contributed by atoms with Crippen LogP contribution < -0.4 is 0 Å². The maximum absolute atomic E-state index is 13.2. The molecule has 0 spiro atoms. The Morgan fingerprint density at radius 3 is 1.58 bits per heavy atom. The first-order valence-electron chi connectivity index (χ1n) is 8.47. The third-order valence-corrected chi connectivity index (χ3v) is 4.38. The molecule has 0 unspecified atom stereocenters. The molecule has 0 N–H and O–H groups in total. The van der Waals surface area contributed by atoms with Crippen LogP contribution in [-0.2, 0) is 0 Å². The molecule has 2 heterocycles. The van der Waals surface area contributed by atoms with Gasteiger partial charge in [-0.2, -0.15) is 0 Å². The molecular formula is C23H18O3. The van der Waals surface area contributed by atoms with Gasteiger partial charge in [0.1, 0.15) is 11.5 Å². The number of carbonyl (C=O) groups excluding carboxylic acids is 1. The maximum atomic E-state index is 13.2. The molecule has 2 aromatic carbocycles. The third-order valence-electron chi connectivity index (χ3n) is 4.38. The van der Waals surface area contributed by atoms with Crippen molar-refractivity contribution in [1.82, 2.24) is 0 Å². The topological polar surface area (TPSA) is 43.4 Å². The zero-order valence-electron chi connectivity index (χ0n) is 14.7. The Kier molecular flexibility index (Phi) is 4.05. The molecule has 0 bridgehead atoms. The molecule has 128 valence electrons. The van der Waals surface area contributed by atoms with Gasteiger partial charge in [0, 0.05) is 11.1 Å². The fourth-order valence-corrected chi connectivity index (χ4v) is 3.14. The van der Waals surface area contributed by atoms with Gasteiger partial charge in [-0.3, -0.25) is 4.79 Å². The van der Waals surface area contributed by atoms with Crippen LogP contribution in [0, 0.1) is 13.8 Å². The fraction of sp³-hybridized carbons (Fsp3) is 0.0870. The van der Waals surface area contributed by atoms with E-state index in [2.05, 4.69) is 0 Å². The third kappa shape index (κ3) is 2.88. The lowest BCUT2D eigenvalue weighted by Crippen LogP contribution is -2.02. The van der Waals surface area contributed by atoms with Gasteiger partial charge in [-0.05, 0) is 38.1 Å². The van der Waals surface area contributed by atoms with Gasteiger partial charge >= 0.3 is 0 Å². The second kappa shape index (κ2) is 6.52. The zero-order valence-corrected chi connectivity index (χ0v) is 14.7. The van der Waals surface area contributed by atoms with E-state index in [1.165, 1.54) is 0 Å². The fourth-order valence-electron chi connectivity index (χ4n) is 3.14. The van der Waals surface area contributed by atoms with Crippen LogP contribution >= 0.6 is 0 Å². The van der Waals surface area contributed by atoms with Crippen LogP contribution in [0.5, 0.6) is 0 Å². The summed E-state index contributed by atoms with van der Waals surface area (Å²) in [5, 5.41) is 0. The summed E-state index contributed by atoms with van der Waals surface area (Å²) in [6, 6.07) is 19.3. The number of aryl methyl sites for hydroxylation is 2. The predicted molar refractivity (Wildman–Crippen MR) is 101 cm³/mol. The van der Waals surface area contributed by atoms with Gasteiger partial charge in [0.25, 0.3) is 0 Å². The lowest BCUT2D eigenvalue weighted by Gasteiger charge is -2.05. The Morgan fingerprint density at radius 2 is 1.15 bits per heavy atom. The first-order valence-corrected chi connectivity index (χ1v) is 8.47. The van der Waals surface area contributed by atoms with Crippen molar-refractivity contribution in [2.45, 2.75) is 13.8 Å². The van der Waals surface area contributed by atoms with E-state index in [9.17, 15) is 4.79 Å². The van der Waals surface area contributed by atoms with Crippen molar-refractivity contribution in [1.29, 1.82) is 0 Å². The normalized spacial score (nSPS) is 10.8. The van der Waals surface area contributed by atoms with E-state index < -0.39 is 0 Å². The summed E-state index contributed by atoms with van der Waals surface area (Å²) >= 11 is 0. The number of ketones is 1. The summed E-state index contributed by atoms with van der Waals surface area (Å²) in [6.45, 7) is 4.03. The second-order valence-corrected chi connectivity index (χ2v) is 6.39. The number of hydrogen-bond acceptors (Lipinski definition) is 3. The Morgan fingerprint density at radius 1 is 0.692 bits per heavy atom. The van der Waals surface area contributed by atoms with Gasteiger partial charge in [0.2, 0.25) is 5.78 Å². The summed E-state index contributed by atoms with van der Waals surface area (Å²) < 4.78 is 11.3. The molecule has 0 saturated heterocycles. The van der Waals surface area contributed by atoms with Crippen molar-refractivity contribution in [3.8, 4) is 22.6 Å². The summed E-state index contributed by atoms with van der Waals surface area (Å²) in [4.78, 5) is 13.2. The highest BCUT2D eigenvalue weighted by molar-refractivity contribution is 6.14. The van der Waals surface area contributed by atoms with E-state index in [0.717, 1.165) is 22.3 Å². The van der Waals surface area contributed by atoms with Crippen molar-refractivity contribution >= 4 is 5.78 Å². The highest BCUT2D eigenvalue weighted by atomic mass is 16.3. The van der Waals surface area contributed by atoms with Crippen molar-refractivity contribution in [2.75, 3.05) is 0 Å². The first kappa shape index (κ1) is 16.2. The summed E-state index contributed by atoms with van der Waals surface area (Å²) in [6.07, 6.45) is 3.11. The van der Waals surface area contributed by atoms with E-state index in [4.69, 9.17) is 8.83 Å². The molecule has 0 amide bonds. The second-order valence-electron chi connectivity index (χ2n) is 6.39. The number of furan rings is 2. The van der Waals surface area contributed by atoms with Gasteiger partial charge < -0.3 is 8.83 Å². The molecule has 26 heavy (non-hydrogen) atoms. The number of carbonyl (C=O) groups is 1. The monoisotopic (exact) mass is 342 g/mol. The van der Waals surface area contributed by atoms with Crippen molar-refractivity contribution in [3.63, 3.8) is 0 Å². The molecule has 0 radical (unpaired) electrons. The van der Waals surface area contributed by atoms with Crippen LogP contribution in [0.25, 0.3) is 22.6 Å². The Balaban J connectivity index is 1.78. The van der Waals surface area contributed by atoms with Gasteiger partial charge in [-0.1, -0.05) is 47.5 Å². The van der Waals surface area contributed by atoms with Crippen LogP contribution in [-0.4, -0.2) is 5.78 Å². The minimum atomic E-state index is -0.111. The van der Waals surface area contributed by atoms with Gasteiger partial charge in [0.05, 0.1) is 23.7 Å². The summed E-state index contributed by atoms with van der Waals surface area (Å²) in [5.41, 5.74) is 5.07. The van der Waals surface area contributed by atoms with Crippen molar-refractivity contribution in [2.24, 2.45) is 0 Å². The zero-order chi connectivity index (χ0) is 18.1. The van der Waals surface area contributed by atoms with Crippen LogP contribution in [0.2, 0.25) is 0 Å². The van der Waals surface area contributed by atoms with E-state index in [1.807, 2.05) is 62.4 Å². The molecule has 0 atom stereocenters. The molecule has 2 aromatic heterocycles. The summed E-state index contributed by atoms with van der Waals surface area (Å²) in [7, 11) is 0. The Bertz CT molecular complexity index is 996. The molecule has 0 aliphatic rings. The molecule has 4 rings (SSSR count). The minimum Gasteiger partial charge on any atom is -0.464 e. The molecule has 0 fully saturated rings. The van der Waals surface area contributed by atoms with E-state index in [1.54, 1.807) is 24.7 Å². The number of benzene rings is 2. The van der Waals surface area contributed by atoms with Gasteiger partial charge in [-0.25, -0.2) is 0 Å². The quantitative estimate of drug-likeness (QED) is 0.424. The Hall–Kier alpha value is -3.33. The van der Waals surface area contributed by atoms with Crippen molar-refractivity contribution in [3.05, 3.63) is 95.4 Å². The Labute approximate surface area is 151 Å². The molecule has 0 aliphatic heterocycles. The summed E-state index contributed by atoms with van der Waals surface area (Å²) in [5.74, 6) is 1.05. The number of hydrogen-bond donors (Lipinski definition) is 0. The predicted octanol–water partition coefficient (Wildman–Crippen LogP) is 6.05. The highest BCUT2D eigenvalue weighted by Gasteiger charge is 2.23. The SMILES string of the molecule is Cc1cccc(-c2occc2C(=O)c2ccoc2-c2cccc(C)c2)c1. The van der Waals surface area contributed by atoms with Gasteiger partial charge in [-0.15, -0.1) is 0 Å². The maximum Gasteiger partial charge on any atom is 0.200 e.